The molecule has 1 aromatic rings. The molecule has 7 heteroatoms. The second-order valence-electron chi connectivity index (χ2n) is 4.33. The molecule has 0 saturated carbocycles. The smallest absolute Gasteiger partial charge is 0.310 e. The highest BCUT2D eigenvalue weighted by Gasteiger charge is 2.31. The van der Waals surface area contributed by atoms with Gasteiger partial charge in [0.2, 0.25) is 5.91 Å². The molecule has 0 radical (unpaired) electrons. The average Bonchev–Trinajstić information content (AvgIpc) is 2.28. The molecule has 19 heavy (non-hydrogen) atoms. The SMILES string of the molecule is CCSC(C)(C)C(=O)Nc1ccc(C(F)(F)F)cn1. The Morgan fingerprint density at radius 1 is 1.37 bits per heavy atom. The summed E-state index contributed by atoms with van der Waals surface area (Å²) >= 11 is 1.45. The number of carbonyl (C=O) groups excluding carboxylic acids is 1. The van der Waals surface area contributed by atoms with Gasteiger partial charge in [-0.3, -0.25) is 4.79 Å². The molecule has 0 aliphatic rings. The van der Waals surface area contributed by atoms with E-state index in [1.165, 1.54) is 11.8 Å². The minimum atomic E-state index is -4.42. The van der Waals surface area contributed by atoms with Gasteiger partial charge >= 0.3 is 6.18 Å². The van der Waals surface area contributed by atoms with E-state index in [1.54, 1.807) is 13.8 Å². The van der Waals surface area contributed by atoms with Crippen LogP contribution in [0.3, 0.4) is 0 Å². The first kappa shape index (κ1) is 15.8. The Labute approximate surface area is 114 Å². The quantitative estimate of drug-likeness (QED) is 0.922. The van der Waals surface area contributed by atoms with Gasteiger partial charge in [0.25, 0.3) is 0 Å². The Bertz CT molecular complexity index is 443. The van der Waals surface area contributed by atoms with Crippen molar-refractivity contribution in [1.82, 2.24) is 4.98 Å². The van der Waals surface area contributed by atoms with E-state index >= 15 is 0 Å². The molecule has 0 aliphatic carbocycles. The number of halogens is 3. The summed E-state index contributed by atoms with van der Waals surface area (Å²) in [6.07, 6.45) is -3.72. The molecule has 0 atom stereocenters. The third-order valence-corrected chi connectivity index (χ3v) is 3.58. The summed E-state index contributed by atoms with van der Waals surface area (Å²) in [6.45, 7) is 5.43. The molecule has 0 fully saturated rings. The van der Waals surface area contributed by atoms with Crippen LogP contribution in [0.4, 0.5) is 19.0 Å². The molecule has 1 N–H and O–H groups in total. The maximum atomic E-state index is 12.3. The summed E-state index contributed by atoms with van der Waals surface area (Å²) in [7, 11) is 0. The molecular formula is C12H15F3N2OS. The lowest BCUT2D eigenvalue weighted by Crippen LogP contribution is -2.34. The molecule has 0 spiro atoms. The summed E-state index contributed by atoms with van der Waals surface area (Å²) in [6, 6.07) is 2.04. The fourth-order valence-corrected chi connectivity index (χ4v) is 2.23. The number of thioether (sulfide) groups is 1. The number of hydrogen-bond donors (Lipinski definition) is 1. The number of nitrogens with zero attached hydrogens (tertiary/aromatic N) is 1. The Morgan fingerprint density at radius 2 is 2.00 bits per heavy atom. The normalized spacial score (nSPS) is 12.3. The van der Waals surface area contributed by atoms with E-state index in [0.29, 0.717) is 6.20 Å². The fraction of sp³-hybridized carbons (Fsp3) is 0.500. The summed E-state index contributed by atoms with van der Waals surface area (Å²) in [4.78, 5) is 15.5. The number of carbonyl (C=O) groups is 1. The van der Waals surface area contributed by atoms with Crippen LogP contribution in [0.1, 0.15) is 26.3 Å². The molecule has 106 valence electrons. The second kappa shape index (κ2) is 5.81. The van der Waals surface area contributed by atoms with E-state index in [9.17, 15) is 18.0 Å². The molecule has 1 aromatic heterocycles. The van der Waals surface area contributed by atoms with Gasteiger partial charge in [-0.15, -0.1) is 11.8 Å². The highest BCUT2D eigenvalue weighted by molar-refractivity contribution is 8.01. The summed E-state index contributed by atoms with van der Waals surface area (Å²) in [5.74, 6) is 0.593. The molecule has 0 unspecified atom stereocenters. The maximum absolute atomic E-state index is 12.3. The van der Waals surface area contributed by atoms with Crippen LogP contribution < -0.4 is 5.32 Å². The van der Waals surface area contributed by atoms with Gasteiger partial charge < -0.3 is 5.32 Å². The third kappa shape index (κ3) is 4.41. The zero-order valence-electron chi connectivity index (χ0n) is 10.8. The Balaban J connectivity index is 2.76. The van der Waals surface area contributed by atoms with E-state index in [-0.39, 0.29) is 11.7 Å². The number of nitrogens with one attached hydrogen (secondary N) is 1. The molecule has 1 rings (SSSR count). The number of anilines is 1. The molecule has 0 aromatic carbocycles. The Morgan fingerprint density at radius 3 is 2.42 bits per heavy atom. The molecule has 1 heterocycles. The van der Waals surface area contributed by atoms with Crippen molar-refractivity contribution < 1.29 is 18.0 Å². The van der Waals surface area contributed by atoms with Gasteiger partial charge in [-0.2, -0.15) is 13.2 Å². The maximum Gasteiger partial charge on any atom is 0.417 e. The number of aromatic nitrogens is 1. The van der Waals surface area contributed by atoms with Gasteiger partial charge in [0, 0.05) is 6.20 Å². The molecule has 1 amide bonds. The van der Waals surface area contributed by atoms with Gasteiger partial charge in [0.15, 0.2) is 0 Å². The zero-order chi connectivity index (χ0) is 14.7. The first-order valence-corrected chi connectivity index (χ1v) is 6.64. The lowest BCUT2D eigenvalue weighted by Gasteiger charge is -2.22. The van der Waals surface area contributed by atoms with Crippen molar-refractivity contribution in [1.29, 1.82) is 0 Å². The molecule has 0 aliphatic heterocycles. The lowest BCUT2D eigenvalue weighted by molar-refractivity contribution is -0.137. The number of rotatable bonds is 4. The van der Waals surface area contributed by atoms with Gasteiger partial charge in [-0.1, -0.05) is 6.92 Å². The molecular weight excluding hydrogens is 277 g/mol. The van der Waals surface area contributed by atoms with Crippen molar-refractivity contribution >= 4 is 23.5 Å². The topological polar surface area (TPSA) is 42.0 Å². The first-order valence-electron chi connectivity index (χ1n) is 5.65. The average molecular weight is 292 g/mol. The summed E-state index contributed by atoms with van der Waals surface area (Å²) in [5.41, 5.74) is -0.840. The number of pyridine rings is 1. The number of alkyl halides is 3. The van der Waals surface area contributed by atoms with Gasteiger partial charge in [-0.05, 0) is 31.7 Å². The van der Waals surface area contributed by atoms with Crippen molar-refractivity contribution in [3.63, 3.8) is 0 Å². The summed E-state index contributed by atoms with van der Waals surface area (Å²) in [5, 5.41) is 2.51. The minimum Gasteiger partial charge on any atom is -0.310 e. The predicted octanol–water partition coefficient (Wildman–Crippen LogP) is 3.57. The van der Waals surface area contributed by atoms with Gasteiger partial charge in [0.05, 0.1) is 10.3 Å². The number of hydrogen-bond acceptors (Lipinski definition) is 3. The van der Waals surface area contributed by atoms with Crippen LogP contribution in [-0.2, 0) is 11.0 Å². The Kier molecular flexibility index (Phi) is 4.84. The molecule has 3 nitrogen and oxygen atoms in total. The zero-order valence-corrected chi connectivity index (χ0v) is 11.7. The summed E-state index contributed by atoms with van der Waals surface area (Å²) < 4.78 is 36.4. The van der Waals surface area contributed by atoms with E-state index in [2.05, 4.69) is 10.3 Å². The minimum absolute atomic E-state index is 0.114. The third-order valence-electron chi connectivity index (χ3n) is 2.38. The van der Waals surface area contributed by atoms with Crippen molar-refractivity contribution in [2.75, 3.05) is 11.1 Å². The van der Waals surface area contributed by atoms with Crippen molar-refractivity contribution in [2.45, 2.75) is 31.7 Å². The van der Waals surface area contributed by atoms with Crippen LogP contribution in [0.5, 0.6) is 0 Å². The lowest BCUT2D eigenvalue weighted by atomic mass is 10.2. The Hall–Kier alpha value is -1.24. The van der Waals surface area contributed by atoms with E-state index in [4.69, 9.17) is 0 Å². The fourth-order valence-electron chi connectivity index (χ4n) is 1.33. The number of amides is 1. The van der Waals surface area contributed by atoms with Crippen molar-refractivity contribution in [2.24, 2.45) is 0 Å². The van der Waals surface area contributed by atoms with Crippen LogP contribution in [0.2, 0.25) is 0 Å². The largest absolute Gasteiger partial charge is 0.417 e. The monoisotopic (exact) mass is 292 g/mol. The van der Waals surface area contributed by atoms with Crippen LogP contribution in [0, 0.1) is 0 Å². The van der Waals surface area contributed by atoms with Crippen LogP contribution >= 0.6 is 11.8 Å². The first-order chi connectivity index (χ1) is 8.66. The standard InChI is InChI=1S/C12H15F3N2OS/c1-4-19-11(2,3)10(18)17-9-6-5-8(7-16-9)12(13,14)15/h5-7H,4H2,1-3H3,(H,16,17,18). The van der Waals surface area contributed by atoms with Gasteiger partial charge in [-0.25, -0.2) is 4.98 Å². The van der Waals surface area contributed by atoms with Crippen molar-refractivity contribution in [3.05, 3.63) is 23.9 Å². The van der Waals surface area contributed by atoms with Crippen LogP contribution in [0.15, 0.2) is 18.3 Å². The second-order valence-corrected chi connectivity index (χ2v) is 6.21. The highest BCUT2D eigenvalue weighted by Crippen LogP contribution is 2.29. The highest BCUT2D eigenvalue weighted by atomic mass is 32.2. The van der Waals surface area contributed by atoms with Crippen LogP contribution in [0.25, 0.3) is 0 Å². The van der Waals surface area contributed by atoms with E-state index in [0.717, 1.165) is 17.9 Å². The van der Waals surface area contributed by atoms with E-state index in [1.807, 2.05) is 6.92 Å². The predicted molar refractivity (Wildman–Crippen MR) is 70.1 cm³/mol. The van der Waals surface area contributed by atoms with E-state index < -0.39 is 16.5 Å². The molecule has 0 saturated heterocycles. The molecule has 0 bridgehead atoms. The van der Waals surface area contributed by atoms with Gasteiger partial charge in [0.1, 0.15) is 5.82 Å². The van der Waals surface area contributed by atoms with Crippen LogP contribution in [-0.4, -0.2) is 21.4 Å². The van der Waals surface area contributed by atoms with Crippen molar-refractivity contribution in [3.8, 4) is 0 Å².